The van der Waals surface area contributed by atoms with Crippen molar-refractivity contribution < 1.29 is 29.7 Å². The van der Waals surface area contributed by atoms with Gasteiger partial charge in [0.25, 0.3) is 0 Å². The molecule has 0 aromatic rings. The summed E-state index contributed by atoms with van der Waals surface area (Å²) >= 11 is 0. The Balaban J connectivity index is 0. The van der Waals surface area contributed by atoms with E-state index in [9.17, 15) is 4.79 Å². The van der Waals surface area contributed by atoms with Gasteiger partial charge in [-0.3, -0.25) is 10.2 Å². The monoisotopic (exact) mass is 366 g/mol. The summed E-state index contributed by atoms with van der Waals surface area (Å²) in [7, 11) is 0. The molecule has 0 radical (unpaired) electrons. The number of carboxylic acids is 1. The van der Waals surface area contributed by atoms with Crippen LogP contribution in [0.3, 0.4) is 0 Å². The number of nitrogens with two attached hydrogens (primary N) is 2. The molecule has 0 saturated heterocycles. The van der Waals surface area contributed by atoms with Gasteiger partial charge in [-0.1, -0.05) is 0 Å². The molecule has 0 spiro atoms. The van der Waals surface area contributed by atoms with Crippen LogP contribution >= 0.6 is 0 Å². The molecule has 0 aliphatic rings. The number of hydrogen-bond acceptors (Lipinski definition) is 3. The Morgan fingerprint density at radius 3 is 2.54 bits per heavy atom. The van der Waals surface area contributed by atoms with Gasteiger partial charge in [-0.2, -0.15) is 0 Å². The molecule has 1 unspecified atom stereocenters. The third-order valence-electron chi connectivity index (χ3n) is 1.32. The first-order valence-electron chi connectivity index (χ1n) is 3.60. The van der Waals surface area contributed by atoms with Crippen LogP contribution in [0.5, 0.6) is 0 Å². The number of hydrogen-bond donors (Lipinski definition) is 5. The third kappa shape index (κ3) is 9.25. The van der Waals surface area contributed by atoms with Crippen molar-refractivity contribution in [3.63, 3.8) is 0 Å². The molecule has 1 atom stereocenters. The minimum Gasteiger partial charge on any atom is -0.480 e. The van der Waals surface area contributed by atoms with Crippen molar-refractivity contribution in [1.29, 1.82) is 5.41 Å². The molecule has 0 bridgehead atoms. The quantitative estimate of drug-likeness (QED) is 0.235. The van der Waals surface area contributed by atoms with Crippen LogP contribution < -0.4 is 16.8 Å². The SMILES string of the molecule is N=C(N)NCCCC(N)C(=O)O.[Os]. The van der Waals surface area contributed by atoms with Crippen LogP contribution in [-0.2, 0) is 24.6 Å². The number of carboxylic acid groups (broad SMARTS) is 1. The molecule has 0 aromatic heterocycles. The first kappa shape index (κ1) is 14.8. The maximum Gasteiger partial charge on any atom is 0.320 e. The molecule has 6 nitrogen and oxygen atoms in total. The summed E-state index contributed by atoms with van der Waals surface area (Å²) in [6.45, 7) is 0.482. The van der Waals surface area contributed by atoms with Crippen LogP contribution in [0.15, 0.2) is 0 Å². The van der Waals surface area contributed by atoms with E-state index in [0.29, 0.717) is 19.4 Å². The Morgan fingerprint density at radius 2 is 2.15 bits per heavy atom. The molecule has 0 fully saturated rings. The summed E-state index contributed by atoms with van der Waals surface area (Å²) in [6.07, 6.45) is 0.975. The minimum atomic E-state index is -1.00. The summed E-state index contributed by atoms with van der Waals surface area (Å²) in [6, 6.07) is -0.821. The van der Waals surface area contributed by atoms with Crippen LogP contribution in [0.4, 0.5) is 0 Å². The summed E-state index contributed by atoms with van der Waals surface area (Å²) in [5.74, 6) is -1.11. The van der Waals surface area contributed by atoms with Gasteiger partial charge < -0.3 is 21.9 Å². The molecule has 78 valence electrons. The van der Waals surface area contributed by atoms with Gasteiger partial charge in [0, 0.05) is 26.3 Å². The molecule has 0 aliphatic heterocycles. The van der Waals surface area contributed by atoms with Crippen LogP contribution in [0.25, 0.3) is 0 Å². The minimum absolute atomic E-state index is 0. The fourth-order valence-corrected chi connectivity index (χ4v) is 0.669. The van der Waals surface area contributed by atoms with Crippen molar-refractivity contribution in [1.82, 2.24) is 5.32 Å². The summed E-state index contributed by atoms with van der Waals surface area (Å²) in [5, 5.41) is 17.7. The van der Waals surface area contributed by atoms with Gasteiger partial charge in [0.2, 0.25) is 0 Å². The maximum atomic E-state index is 10.2. The summed E-state index contributed by atoms with van der Waals surface area (Å²) < 4.78 is 0. The van der Waals surface area contributed by atoms with Gasteiger partial charge in [0.15, 0.2) is 5.96 Å². The molecule has 0 amide bonds. The van der Waals surface area contributed by atoms with Crippen LogP contribution in [0, 0.1) is 5.41 Å². The Kier molecular flexibility index (Phi) is 9.08. The third-order valence-corrected chi connectivity index (χ3v) is 1.32. The zero-order valence-electron chi connectivity index (χ0n) is 7.06. The number of guanidine groups is 1. The second-order valence-electron chi connectivity index (χ2n) is 2.43. The van der Waals surface area contributed by atoms with E-state index in [-0.39, 0.29) is 25.7 Å². The van der Waals surface area contributed by atoms with Crippen LogP contribution in [-0.4, -0.2) is 29.6 Å². The molecule has 0 aliphatic carbocycles. The van der Waals surface area contributed by atoms with Crippen molar-refractivity contribution in [2.45, 2.75) is 18.9 Å². The van der Waals surface area contributed by atoms with Gasteiger partial charge in [0.1, 0.15) is 6.04 Å². The van der Waals surface area contributed by atoms with Crippen molar-refractivity contribution >= 4 is 11.9 Å². The largest absolute Gasteiger partial charge is 0.480 e. The van der Waals surface area contributed by atoms with E-state index in [1.54, 1.807) is 0 Å². The zero-order valence-corrected chi connectivity index (χ0v) is 9.60. The fourth-order valence-electron chi connectivity index (χ4n) is 0.669. The Bertz CT molecular complexity index is 176. The fraction of sp³-hybridized carbons (Fsp3) is 0.667. The van der Waals surface area contributed by atoms with E-state index in [0.717, 1.165) is 0 Å². The van der Waals surface area contributed by atoms with Crippen molar-refractivity contribution in [2.75, 3.05) is 6.54 Å². The van der Waals surface area contributed by atoms with E-state index in [4.69, 9.17) is 22.0 Å². The molecule has 13 heavy (non-hydrogen) atoms. The number of nitrogens with one attached hydrogen (secondary N) is 2. The van der Waals surface area contributed by atoms with Crippen molar-refractivity contribution in [2.24, 2.45) is 11.5 Å². The number of rotatable bonds is 5. The second kappa shape index (κ2) is 7.96. The molecule has 7 N–H and O–H groups in total. The first-order valence-corrected chi connectivity index (χ1v) is 3.60. The average Bonchev–Trinajstić information content (AvgIpc) is 1.97. The maximum absolute atomic E-state index is 10.2. The molecule has 0 heterocycles. The second-order valence-corrected chi connectivity index (χ2v) is 2.43. The smallest absolute Gasteiger partial charge is 0.320 e. The van der Waals surface area contributed by atoms with Gasteiger partial charge >= 0.3 is 5.97 Å². The Hall–Kier alpha value is -0.664. The van der Waals surface area contributed by atoms with Crippen LogP contribution in [0.1, 0.15) is 12.8 Å². The van der Waals surface area contributed by atoms with Gasteiger partial charge in [-0.15, -0.1) is 0 Å². The zero-order chi connectivity index (χ0) is 9.56. The number of carbonyl (C=O) groups is 1. The standard InChI is InChI=1S/C6H14N4O2.Os/c7-4(5(11)12)2-1-3-10-6(8)9;/h4H,1-3,7H2,(H,11,12)(H4,8,9,10);. The van der Waals surface area contributed by atoms with Crippen LogP contribution in [0.2, 0.25) is 0 Å². The topological polar surface area (TPSA) is 125 Å². The van der Waals surface area contributed by atoms with E-state index in [1.807, 2.05) is 0 Å². The molecule has 0 saturated carbocycles. The Morgan fingerprint density at radius 1 is 1.62 bits per heavy atom. The van der Waals surface area contributed by atoms with Crippen molar-refractivity contribution in [3.05, 3.63) is 0 Å². The van der Waals surface area contributed by atoms with Gasteiger partial charge in [-0.05, 0) is 12.8 Å². The summed E-state index contributed by atoms with van der Waals surface area (Å²) in [4.78, 5) is 10.2. The normalized spacial score (nSPS) is 11.2. The van der Waals surface area contributed by atoms with Gasteiger partial charge in [0.05, 0.1) is 0 Å². The van der Waals surface area contributed by atoms with Crippen molar-refractivity contribution in [3.8, 4) is 0 Å². The molecule has 0 aromatic carbocycles. The summed E-state index contributed by atoms with van der Waals surface area (Å²) in [5.41, 5.74) is 10.2. The predicted molar refractivity (Wildman–Crippen MR) is 44.8 cm³/mol. The number of aliphatic carboxylic acids is 1. The van der Waals surface area contributed by atoms with Gasteiger partial charge in [-0.25, -0.2) is 0 Å². The Labute approximate surface area is 89.6 Å². The van der Waals surface area contributed by atoms with E-state index >= 15 is 0 Å². The first-order chi connectivity index (χ1) is 5.54. The molecular weight excluding hydrogens is 350 g/mol. The molecule has 0 rings (SSSR count). The molecule has 7 heteroatoms. The average molecular weight is 364 g/mol. The predicted octanol–water partition coefficient (Wildman–Crippen LogP) is -1.34. The van der Waals surface area contributed by atoms with E-state index in [1.165, 1.54) is 0 Å². The van der Waals surface area contributed by atoms with E-state index in [2.05, 4.69) is 5.32 Å². The van der Waals surface area contributed by atoms with E-state index < -0.39 is 12.0 Å². The molecular formula is C6H14N4O2Os.